The van der Waals surface area contributed by atoms with Gasteiger partial charge in [0.25, 0.3) is 5.56 Å². The number of benzene rings is 1. The van der Waals surface area contributed by atoms with Gasteiger partial charge in [0.15, 0.2) is 0 Å². The van der Waals surface area contributed by atoms with E-state index in [0.717, 1.165) is 10.6 Å². The molecule has 1 aliphatic carbocycles. The molecular formula is C19H14F4N4O2. The Kier molecular flexibility index (Phi) is 4.33. The summed E-state index contributed by atoms with van der Waals surface area (Å²) in [6.45, 7) is -0.262. The summed E-state index contributed by atoms with van der Waals surface area (Å²) in [7, 11) is 0. The average Bonchev–Trinajstić information content (AvgIpc) is 3.46. The van der Waals surface area contributed by atoms with Crippen LogP contribution in [0.1, 0.15) is 24.0 Å². The topological polar surface area (TPSA) is 76.0 Å². The molecule has 0 radical (unpaired) electrons. The van der Waals surface area contributed by atoms with Crippen LogP contribution in [0.15, 0.2) is 35.5 Å². The number of hydrogen-bond acceptors (Lipinski definition) is 3. The first-order valence-electron chi connectivity index (χ1n) is 8.71. The van der Waals surface area contributed by atoms with E-state index in [9.17, 15) is 27.2 Å². The number of aromatic nitrogens is 2. The molecule has 2 amide bonds. The number of alkyl halides is 3. The first kappa shape index (κ1) is 19.0. The van der Waals surface area contributed by atoms with Crippen molar-refractivity contribution in [3.8, 4) is 11.8 Å². The minimum Gasteiger partial charge on any atom is -0.310 e. The van der Waals surface area contributed by atoms with Crippen molar-refractivity contribution in [1.82, 2.24) is 14.9 Å². The molecule has 2 heterocycles. The molecule has 1 saturated carbocycles. The minimum absolute atomic E-state index is 0.0766. The lowest BCUT2D eigenvalue weighted by Gasteiger charge is -2.37. The third kappa shape index (κ3) is 3.44. The van der Waals surface area contributed by atoms with E-state index >= 15 is 0 Å². The predicted octanol–water partition coefficient (Wildman–Crippen LogP) is 2.74. The Bertz CT molecular complexity index is 1110. The maximum Gasteiger partial charge on any atom is 0.427 e. The van der Waals surface area contributed by atoms with Crippen LogP contribution in [0.5, 0.6) is 0 Å². The van der Waals surface area contributed by atoms with Gasteiger partial charge in [-0.25, -0.2) is 14.2 Å². The number of urea groups is 1. The predicted molar refractivity (Wildman–Crippen MR) is 94.4 cm³/mol. The molecule has 1 unspecified atom stereocenters. The number of anilines is 1. The molecular weight excluding hydrogens is 392 g/mol. The molecule has 1 aromatic carbocycles. The highest BCUT2D eigenvalue weighted by Gasteiger charge is 2.59. The number of fused-ring (bicyclic) bond motifs is 1. The van der Waals surface area contributed by atoms with E-state index in [-0.39, 0.29) is 23.7 Å². The molecule has 2 aromatic rings. The zero-order chi connectivity index (χ0) is 20.8. The van der Waals surface area contributed by atoms with Crippen molar-refractivity contribution in [1.29, 1.82) is 0 Å². The van der Waals surface area contributed by atoms with Gasteiger partial charge in [0.05, 0.1) is 12.9 Å². The summed E-state index contributed by atoms with van der Waals surface area (Å²) >= 11 is 0. The van der Waals surface area contributed by atoms with Crippen molar-refractivity contribution in [2.24, 2.45) is 5.92 Å². The number of halogens is 4. The second kappa shape index (κ2) is 6.62. The lowest BCUT2D eigenvalue weighted by Crippen LogP contribution is -2.59. The van der Waals surface area contributed by atoms with Crippen molar-refractivity contribution in [3.63, 3.8) is 0 Å². The molecule has 2 N–H and O–H groups in total. The zero-order valence-corrected chi connectivity index (χ0v) is 14.8. The lowest BCUT2D eigenvalue weighted by molar-refractivity contribution is -0.178. The van der Waals surface area contributed by atoms with Crippen LogP contribution in [-0.2, 0) is 12.1 Å². The quantitative estimate of drug-likeness (QED) is 0.595. The van der Waals surface area contributed by atoms with E-state index in [1.54, 1.807) is 0 Å². The molecule has 1 aliphatic heterocycles. The lowest BCUT2D eigenvalue weighted by atomic mass is 9.85. The molecule has 1 fully saturated rings. The maximum absolute atomic E-state index is 14.7. The largest absolute Gasteiger partial charge is 0.427 e. The number of carbonyl (C=O) groups excluding carboxylic acids is 1. The normalized spacial score (nSPS) is 20.8. The van der Waals surface area contributed by atoms with Crippen LogP contribution in [0.25, 0.3) is 0 Å². The Morgan fingerprint density at radius 1 is 1.28 bits per heavy atom. The Morgan fingerprint density at radius 3 is 2.69 bits per heavy atom. The van der Waals surface area contributed by atoms with Gasteiger partial charge in [-0.1, -0.05) is 11.8 Å². The Labute approximate surface area is 161 Å². The van der Waals surface area contributed by atoms with Crippen LogP contribution in [-0.4, -0.2) is 21.8 Å². The van der Waals surface area contributed by atoms with Gasteiger partial charge >= 0.3 is 12.2 Å². The fraction of sp³-hybridized carbons (Fsp3) is 0.316. The van der Waals surface area contributed by atoms with E-state index in [0.29, 0.717) is 18.9 Å². The number of nitrogens with one attached hydrogen (secondary N) is 2. The summed E-state index contributed by atoms with van der Waals surface area (Å²) < 4.78 is 57.9. The molecule has 0 saturated heterocycles. The summed E-state index contributed by atoms with van der Waals surface area (Å²) in [6, 6.07) is 1.86. The standard InChI is InChI=1S/C19H14F4N4O2/c20-14-8-13-15(7-12(14)9-27-10-24-6-4-16(27)28)25-17(29)26-18(13,19(21,22)23)5-3-11-1-2-11/h4,6-8,10-11H,1-2,9H2,(H2,25,26,29). The first-order chi connectivity index (χ1) is 13.7. The summed E-state index contributed by atoms with van der Waals surface area (Å²) in [4.78, 5) is 27.6. The van der Waals surface area contributed by atoms with Gasteiger partial charge in [0.2, 0.25) is 5.54 Å². The van der Waals surface area contributed by atoms with Gasteiger partial charge < -0.3 is 10.6 Å². The number of rotatable bonds is 2. The molecule has 2 aliphatic rings. The van der Waals surface area contributed by atoms with E-state index in [1.165, 1.54) is 18.6 Å². The average molecular weight is 406 g/mol. The highest BCUT2D eigenvalue weighted by atomic mass is 19.4. The number of amides is 2. The van der Waals surface area contributed by atoms with Gasteiger partial charge in [-0.15, -0.1) is 0 Å². The highest BCUT2D eigenvalue weighted by Crippen LogP contribution is 2.45. The van der Waals surface area contributed by atoms with Crippen molar-refractivity contribution in [2.75, 3.05) is 5.32 Å². The molecule has 0 spiro atoms. The summed E-state index contributed by atoms with van der Waals surface area (Å²) in [6.07, 6.45) is -1.15. The van der Waals surface area contributed by atoms with Crippen LogP contribution >= 0.6 is 0 Å². The molecule has 1 aromatic heterocycles. The van der Waals surface area contributed by atoms with Gasteiger partial charge in [0.1, 0.15) is 5.82 Å². The summed E-state index contributed by atoms with van der Waals surface area (Å²) in [5.74, 6) is 3.56. The second-order valence-electron chi connectivity index (χ2n) is 6.91. The number of carbonyl (C=O) groups is 1. The molecule has 1 atom stereocenters. The zero-order valence-electron chi connectivity index (χ0n) is 14.8. The molecule has 0 bridgehead atoms. The van der Waals surface area contributed by atoms with Crippen molar-refractivity contribution < 1.29 is 22.4 Å². The molecule has 4 rings (SSSR count). The Balaban J connectivity index is 1.84. The van der Waals surface area contributed by atoms with Gasteiger partial charge in [-0.3, -0.25) is 9.36 Å². The van der Waals surface area contributed by atoms with Crippen molar-refractivity contribution in [2.45, 2.75) is 31.1 Å². The van der Waals surface area contributed by atoms with Crippen LogP contribution in [0, 0.1) is 23.6 Å². The van der Waals surface area contributed by atoms with Gasteiger partial charge in [-0.2, -0.15) is 13.2 Å². The van der Waals surface area contributed by atoms with Crippen LogP contribution < -0.4 is 16.2 Å². The minimum atomic E-state index is -4.98. The third-order valence-electron chi connectivity index (χ3n) is 4.74. The van der Waals surface area contributed by atoms with Gasteiger partial charge in [0, 0.05) is 35.0 Å². The first-order valence-corrected chi connectivity index (χ1v) is 8.71. The van der Waals surface area contributed by atoms with E-state index < -0.39 is 34.7 Å². The monoisotopic (exact) mass is 406 g/mol. The van der Waals surface area contributed by atoms with E-state index in [4.69, 9.17) is 0 Å². The highest BCUT2D eigenvalue weighted by molar-refractivity contribution is 5.95. The molecule has 29 heavy (non-hydrogen) atoms. The number of nitrogens with zero attached hydrogens (tertiary/aromatic N) is 2. The smallest absolute Gasteiger partial charge is 0.310 e. The van der Waals surface area contributed by atoms with Crippen LogP contribution in [0.2, 0.25) is 0 Å². The van der Waals surface area contributed by atoms with E-state index in [2.05, 4.69) is 22.1 Å². The van der Waals surface area contributed by atoms with Crippen molar-refractivity contribution >= 4 is 11.7 Å². The summed E-state index contributed by atoms with van der Waals surface area (Å²) in [5, 5.41) is 4.10. The fourth-order valence-corrected chi connectivity index (χ4v) is 3.06. The van der Waals surface area contributed by atoms with Crippen LogP contribution in [0.4, 0.5) is 28.0 Å². The van der Waals surface area contributed by atoms with Crippen LogP contribution in [0.3, 0.4) is 0 Å². The molecule has 6 nitrogen and oxygen atoms in total. The Morgan fingerprint density at radius 2 is 2.03 bits per heavy atom. The molecule has 10 heteroatoms. The summed E-state index contributed by atoms with van der Waals surface area (Å²) in [5.41, 5.74) is -4.30. The number of hydrogen-bond donors (Lipinski definition) is 2. The van der Waals surface area contributed by atoms with E-state index in [1.807, 2.05) is 5.32 Å². The third-order valence-corrected chi connectivity index (χ3v) is 4.74. The maximum atomic E-state index is 14.7. The van der Waals surface area contributed by atoms with Gasteiger partial charge in [-0.05, 0) is 25.0 Å². The Hall–Kier alpha value is -3.35. The second-order valence-corrected chi connectivity index (χ2v) is 6.91. The molecule has 150 valence electrons. The SMILES string of the molecule is O=C1Nc2cc(Cn3cnccc3=O)c(F)cc2C(C#CC2CC2)(C(F)(F)F)N1. The fourth-order valence-electron chi connectivity index (χ4n) is 3.06. The van der Waals surface area contributed by atoms with Crippen molar-refractivity contribution in [3.05, 3.63) is 58.0 Å².